The molecule has 1 heterocycles. The van der Waals surface area contributed by atoms with Gasteiger partial charge in [-0.3, -0.25) is 4.79 Å². The van der Waals surface area contributed by atoms with Crippen LogP contribution in [0.15, 0.2) is 10.5 Å². The first-order chi connectivity index (χ1) is 9.91. The molecular formula is C15H20BrNO4. The zero-order chi connectivity index (χ0) is 15.6. The molecule has 1 atom stereocenters. The highest BCUT2D eigenvalue weighted by molar-refractivity contribution is 9.10. The molecule has 0 fully saturated rings. The van der Waals surface area contributed by atoms with Crippen LogP contribution < -0.4 is 15.2 Å². The third-order valence-electron chi connectivity index (χ3n) is 3.48. The molecule has 3 N–H and O–H groups in total. The second-order valence-corrected chi connectivity index (χ2v) is 6.26. The molecule has 1 aromatic rings. The fourth-order valence-corrected chi connectivity index (χ4v) is 3.28. The van der Waals surface area contributed by atoms with Crippen LogP contribution in [0.2, 0.25) is 0 Å². The second-order valence-electron chi connectivity index (χ2n) is 5.40. The molecule has 116 valence electrons. The Morgan fingerprint density at radius 1 is 1.38 bits per heavy atom. The van der Waals surface area contributed by atoms with Crippen molar-refractivity contribution < 1.29 is 19.4 Å². The van der Waals surface area contributed by atoms with Crippen molar-refractivity contribution in [2.24, 2.45) is 5.73 Å². The van der Waals surface area contributed by atoms with Crippen LogP contribution >= 0.6 is 15.9 Å². The summed E-state index contributed by atoms with van der Waals surface area (Å²) in [5, 5.41) is 8.84. The number of hydrogen-bond acceptors (Lipinski definition) is 4. The van der Waals surface area contributed by atoms with Gasteiger partial charge >= 0.3 is 5.97 Å². The van der Waals surface area contributed by atoms with Gasteiger partial charge in [-0.25, -0.2) is 0 Å². The number of rotatable bonds is 5. The number of carbonyl (C=O) groups is 1. The highest BCUT2D eigenvalue weighted by Crippen LogP contribution is 2.45. The van der Waals surface area contributed by atoms with Gasteiger partial charge in [-0.05, 0) is 24.0 Å². The van der Waals surface area contributed by atoms with E-state index in [-0.39, 0.29) is 18.4 Å². The topological polar surface area (TPSA) is 81.8 Å². The molecule has 1 unspecified atom stereocenters. The molecule has 1 aliphatic heterocycles. The van der Waals surface area contributed by atoms with Crippen LogP contribution in [0, 0.1) is 0 Å². The Morgan fingerprint density at radius 2 is 2.05 bits per heavy atom. The van der Waals surface area contributed by atoms with Gasteiger partial charge in [0.2, 0.25) is 0 Å². The van der Waals surface area contributed by atoms with Gasteiger partial charge in [0.15, 0.2) is 11.5 Å². The van der Waals surface area contributed by atoms with E-state index in [1.165, 1.54) is 0 Å². The number of ether oxygens (including phenoxy) is 2. The number of nitrogens with two attached hydrogens (primary N) is 1. The minimum absolute atomic E-state index is 0.0413. The SMILES string of the molecule is CC(C)c1c2c(cc(Br)c1C(N)CCC(=O)O)OCCO2. The smallest absolute Gasteiger partial charge is 0.303 e. The number of halogens is 1. The number of carboxylic acid groups (broad SMARTS) is 1. The van der Waals surface area contributed by atoms with Crippen molar-refractivity contribution in [3.63, 3.8) is 0 Å². The van der Waals surface area contributed by atoms with E-state index in [9.17, 15) is 4.79 Å². The van der Waals surface area contributed by atoms with E-state index >= 15 is 0 Å². The quantitative estimate of drug-likeness (QED) is 0.845. The Kier molecular flexibility index (Phi) is 5.11. The van der Waals surface area contributed by atoms with Gasteiger partial charge in [0.1, 0.15) is 13.2 Å². The van der Waals surface area contributed by atoms with E-state index in [0.717, 1.165) is 21.3 Å². The summed E-state index contributed by atoms with van der Waals surface area (Å²) in [6, 6.07) is 1.50. The summed E-state index contributed by atoms with van der Waals surface area (Å²) in [4.78, 5) is 10.8. The summed E-state index contributed by atoms with van der Waals surface area (Å²) in [5.74, 6) is 0.806. The van der Waals surface area contributed by atoms with Gasteiger partial charge in [0.05, 0.1) is 0 Å². The summed E-state index contributed by atoms with van der Waals surface area (Å²) in [7, 11) is 0. The predicted molar refractivity (Wildman–Crippen MR) is 83.0 cm³/mol. The fraction of sp³-hybridized carbons (Fsp3) is 0.533. The molecule has 0 amide bonds. The molecule has 0 bridgehead atoms. The van der Waals surface area contributed by atoms with Crippen molar-refractivity contribution >= 4 is 21.9 Å². The molecule has 0 radical (unpaired) electrons. The average molecular weight is 358 g/mol. The lowest BCUT2D eigenvalue weighted by atomic mass is 9.89. The maximum atomic E-state index is 10.8. The number of carboxylic acids is 1. The molecule has 0 aromatic heterocycles. The molecule has 0 aliphatic carbocycles. The van der Waals surface area contributed by atoms with Crippen LogP contribution in [0.25, 0.3) is 0 Å². The molecule has 21 heavy (non-hydrogen) atoms. The second kappa shape index (κ2) is 6.66. The lowest BCUT2D eigenvalue weighted by Crippen LogP contribution is -2.21. The minimum Gasteiger partial charge on any atom is -0.486 e. The normalized spacial score (nSPS) is 15.1. The van der Waals surface area contributed by atoms with Crippen LogP contribution in [0.4, 0.5) is 0 Å². The van der Waals surface area contributed by atoms with Crippen molar-refractivity contribution in [3.8, 4) is 11.5 Å². The minimum atomic E-state index is -0.842. The summed E-state index contributed by atoms with van der Waals surface area (Å²) in [6.45, 7) is 5.17. The number of benzene rings is 1. The van der Waals surface area contributed by atoms with Crippen LogP contribution in [-0.2, 0) is 4.79 Å². The van der Waals surface area contributed by atoms with Crippen molar-refractivity contribution in [2.45, 2.75) is 38.6 Å². The van der Waals surface area contributed by atoms with Gasteiger partial charge in [-0.2, -0.15) is 0 Å². The maximum absolute atomic E-state index is 10.8. The van der Waals surface area contributed by atoms with Crippen molar-refractivity contribution in [1.82, 2.24) is 0 Å². The summed E-state index contributed by atoms with van der Waals surface area (Å²) in [6.07, 6.45) is 0.423. The molecule has 0 saturated carbocycles. The highest BCUT2D eigenvalue weighted by Gasteiger charge is 2.27. The largest absolute Gasteiger partial charge is 0.486 e. The summed E-state index contributed by atoms with van der Waals surface area (Å²) in [5.41, 5.74) is 8.14. The van der Waals surface area contributed by atoms with Crippen LogP contribution in [-0.4, -0.2) is 24.3 Å². The first kappa shape index (κ1) is 16.1. The van der Waals surface area contributed by atoms with E-state index in [0.29, 0.717) is 25.4 Å². The van der Waals surface area contributed by atoms with E-state index in [4.69, 9.17) is 20.3 Å². The first-order valence-corrected chi connectivity index (χ1v) is 7.80. The Labute approximate surface area is 132 Å². The van der Waals surface area contributed by atoms with Crippen molar-refractivity contribution in [1.29, 1.82) is 0 Å². The Bertz CT molecular complexity index is 545. The monoisotopic (exact) mass is 357 g/mol. The van der Waals surface area contributed by atoms with E-state index in [2.05, 4.69) is 29.8 Å². The number of hydrogen-bond donors (Lipinski definition) is 2. The van der Waals surface area contributed by atoms with E-state index in [1.54, 1.807) is 0 Å². The maximum Gasteiger partial charge on any atom is 0.303 e. The van der Waals surface area contributed by atoms with E-state index < -0.39 is 5.97 Å². The number of fused-ring (bicyclic) bond motifs is 1. The van der Waals surface area contributed by atoms with Gasteiger partial charge in [0, 0.05) is 22.5 Å². The third-order valence-corrected chi connectivity index (χ3v) is 4.13. The molecule has 6 heteroatoms. The molecule has 1 aromatic carbocycles. The molecule has 5 nitrogen and oxygen atoms in total. The lowest BCUT2D eigenvalue weighted by molar-refractivity contribution is -0.137. The highest BCUT2D eigenvalue weighted by atomic mass is 79.9. The standard InChI is InChI=1S/C15H20BrNO4/c1-8(2)13-14(10(17)3-4-12(18)19)9(16)7-11-15(13)21-6-5-20-11/h7-8,10H,3-6,17H2,1-2H3,(H,18,19). The summed E-state index contributed by atoms with van der Waals surface area (Å²) >= 11 is 3.54. The average Bonchev–Trinajstić information content (AvgIpc) is 2.42. The van der Waals surface area contributed by atoms with Gasteiger partial charge in [-0.1, -0.05) is 29.8 Å². The van der Waals surface area contributed by atoms with Gasteiger partial charge < -0.3 is 20.3 Å². The Hall–Kier alpha value is -1.27. The lowest BCUT2D eigenvalue weighted by Gasteiger charge is -2.28. The fourth-order valence-electron chi connectivity index (χ4n) is 2.57. The molecule has 0 saturated heterocycles. The third kappa shape index (κ3) is 3.49. The zero-order valence-corrected chi connectivity index (χ0v) is 13.8. The van der Waals surface area contributed by atoms with Crippen molar-refractivity contribution in [3.05, 3.63) is 21.7 Å². The first-order valence-electron chi connectivity index (χ1n) is 7.01. The predicted octanol–water partition coefficient (Wildman–Crippen LogP) is 3.21. The van der Waals surface area contributed by atoms with Crippen LogP contribution in [0.1, 0.15) is 49.8 Å². The van der Waals surface area contributed by atoms with Crippen LogP contribution in [0.3, 0.4) is 0 Å². The van der Waals surface area contributed by atoms with Crippen molar-refractivity contribution in [2.75, 3.05) is 13.2 Å². The van der Waals surface area contributed by atoms with Gasteiger partial charge in [-0.15, -0.1) is 0 Å². The van der Waals surface area contributed by atoms with Crippen LogP contribution in [0.5, 0.6) is 11.5 Å². The molecular weight excluding hydrogens is 338 g/mol. The molecule has 0 spiro atoms. The molecule has 2 rings (SSSR count). The van der Waals surface area contributed by atoms with Gasteiger partial charge in [0.25, 0.3) is 0 Å². The Balaban J connectivity index is 2.46. The summed E-state index contributed by atoms with van der Waals surface area (Å²) < 4.78 is 12.2. The Morgan fingerprint density at radius 3 is 2.67 bits per heavy atom. The number of aliphatic carboxylic acids is 1. The van der Waals surface area contributed by atoms with E-state index in [1.807, 2.05) is 6.07 Å². The zero-order valence-electron chi connectivity index (χ0n) is 12.2. The molecule has 1 aliphatic rings.